The van der Waals surface area contributed by atoms with Gasteiger partial charge in [-0.2, -0.15) is 4.98 Å². The van der Waals surface area contributed by atoms with E-state index in [4.69, 9.17) is 10.3 Å². The lowest BCUT2D eigenvalue weighted by Gasteiger charge is -2.10. The first-order valence-corrected chi connectivity index (χ1v) is 7.46. The van der Waals surface area contributed by atoms with Gasteiger partial charge in [0.15, 0.2) is 5.82 Å². The molecule has 0 unspecified atom stereocenters. The first kappa shape index (κ1) is 14.4. The van der Waals surface area contributed by atoms with E-state index in [0.717, 1.165) is 47.7 Å². The number of rotatable bonds is 6. The molecule has 0 saturated carbocycles. The van der Waals surface area contributed by atoms with E-state index >= 15 is 0 Å². The molecule has 3 rings (SSSR count). The highest BCUT2D eigenvalue weighted by Crippen LogP contribution is 2.23. The highest BCUT2D eigenvalue weighted by atomic mass is 16.5. The second-order valence-corrected chi connectivity index (χ2v) is 5.32. The monoisotopic (exact) mass is 300 g/mol. The summed E-state index contributed by atoms with van der Waals surface area (Å²) in [6.07, 6.45) is 4.17. The van der Waals surface area contributed by atoms with E-state index in [9.17, 15) is 0 Å². The summed E-state index contributed by atoms with van der Waals surface area (Å²) in [5.41, 5.74) is 8.42. The first-order chi connectivity index (χ1) is 10.7. The van der Waals surface area contributed by atoms with Crippen LogP contribution in [-0.2, 0) is 6.54 Å². The number of fused-ring (bicyclic) bond motifs is 1. The number of hydrogen-bond donors (Lipinski definition) is 2. The topological polar surface area (TPSA) is 94.8 Å². The quantitative estimate of drug-likeness (QED) is 0.679. The Morgan fingerprint density at radius 2 is 2.23 bits per heavy atom. The van der Waals surface area contributed by atoms with Crippen molar-refractivity contribution in [1.29, 1.82) is 0 Å². The molecule has 7 heteroatoms. The lowest BCUT2D eigenvalue weighted by atomic mass is 10.3. The molecule has 0 amide bonds. The molecule has 0 saturated heterocycles. The van der Waals surface area contributed by atoms with Crippen LogP contribution in [0.1, 0.15) is 31.2 Å². The fourth-order valence-corrected chi connectivity index (χ4v) is 2.43. The van der Waals surface area contributed by atoms with Gasteiger partial charge in [-0.25, -0.2) is 4.98 Å². The lowest BCUT2D eigenvalue weighted by Crippen LogP contribution is -2.09. The van der Waals surface area contributed by atoms with Gasteiger partial charge in [0.25, 0.3) is 0 Å². The van der Waals surface area contributed by atoms with Gasteiger partial charge in [0, 0.05) is 18.8 Å². The van der Waals surface area contributed by atoms with E-state index in [1.807, 2.05) is 25.3 Å². The van der Waals surface area contributed by atoms with E-state index in [0.29, 0.717) is 6.54 Å². The molecule has 0 aromatic carbocycles. The molecule has 0 aliphatic rings. The Balaban J connectivity index is 1.96. The second kappa shape index (κ2) is 6.05. The zero-order valence-electron chi connectivity index (χ0n) is 12.8. The third-order valence-corrected chi connectivity index (χ3v) is 3.46. The maximum atomic E-state index is 5.80. The van der Waals surface area contributed by atoms with Gasteiger partial charge in [-0.3, -0.25) is 0 Å². The number of nitrogens with one attached hydrogen (secondary N) is 1. The van der Waals surface area contributed by atoms with E-state index in [-0.39, 0.29) is 5.95 Å². The molecule has 0 fully saturated rings. The number of aryl methyl sites for hydroxylation is 1. The van der Waals surface area contributed by atoms with Crippen LogP contribution in [0, 0.1) is 6.92 Å². The summed E-state index contributed by atoms with van der Waals surface area (Å²) in [4.78, 5) is 8.64. The van der Waals surface area contributed by atoms with E-state index in [1.54, 1.807) is 0 Å². The van der Waals surface area contributed by atoms with E-state index in [1.165, 1.54) is 0 Å². The molecule has 0 aliphatic heterocycles. The van der Waals surface area contributed by atoms with Crippen LogP contribution in [0.15, 0.2) is 22.9 Å². The molecule has 7 nitrogen and oxygen atoms in total. The summed E-state index contributed by atoms with van der Waals surface area (Å²) in [5.74, 6) is 1.84. The molecule has 0 atom stereocenters. The fraction of sp³-hybridized carbons (Fsp3) is 0.400. The van der Waals surface area contributed by atoms with Crippen molar-refractivity contribution in [2.24, 2.45) is 0 Å². The minimum absolute atomic E-state index is 0.279. The van der Waals surface area contributed by atoms with Gasteiger partial charge >= 0.3 is 0 Å². The highest BCUT2D eigenvalue weighted by Gasteiger charge is 2.12. The van der Waals surface area contributed by atoms with Gasteiger partial charge < -0.3 is 20.1 Å². The van der Waals surface area contributed by atoms with Crippen LogP contribution < -0.4 is 11.1 Å². The van der Waals surface area contributed by atoms with Crippen molar-refractivity contribution in [1.82, 2.24) is 19.7 Å². The number of aromatic nitrogens is 4. The predicted molar refractivity (Wildman–Crippen MR) is 85.7 cm³/mol. The van der Waals surface area contributed by atoms with Crippen molar-refractivity contribution < 1.29 is 4.52 Å². The molecule has 0 bridgehead atoms. The maximum absolute atomic E-state index is 5.80. The Bertz CT molecular complexity index is 776. The maximum Gasteiger partial charge on any atom is 0.222 e. The average Bonchev–Trinajstić information content (AvgIpc) is 3.06. The number of anilines is 2. The largest absolute Gasteiger partial charge is 0.368 e. The molecule has 3 aromatic heterocycles. The zero-order valence-corrected chi connectivity index (χ0v) is 12.8. The van der Waals surface area contributed by atoms with Crippen molar-refractivity contribution >= 4 is 22.8 Å². The molecule has 116 valence electrons. The minimum Gasteiger partial charge on any atom is -0.368 e. The van der Waals surface area contributed by atoms with Crippen molar-refractivity contribution in [3.8, 4) is 0 Å². The average molecular weight is 300 g/mol. The van der Waals surface area contributed by atoms with Crippen molar-refractivity contribution in [3.63, 3.8) is 0 Å². The Morgan fingerprint density at radius 1 is 1.36 bits per heavy atom. The normalized spacial score (nSPS) is 11.2. The van der Waals surface area contributed by atoms with Crippen LogP contribution >= 0.6 is 0 Å². The molecule has 0 spiro atoms. The SMILES string of the molecule is CCCCNc1nc(N)nc2ccn(Cc3cc(C)on3)c12. The lowest BCUT2D eigenvalue weighted by molar-refractivity contribution is 0.389. The molecule has 22 heavy (non-hydrogen) atoms. The van der Waals surface area contributed by atoms with Gasteiger partial charge in [0.1, 0.15) is 17.0 Å². The van der Waals surface area contributed by atoms with Crippen LogP contribution in [0.3, 0.4) is 0 Å². The predicted octanol–water partition coefficient (Wildman–Crippen LogP) is 2.57. The van der Waals surface area contributed by atoms with Gasteiger partial charge in [0.2, 0.25) is 5.95 Å². The smallest absolute Gasteiger partial charge is 0.222 e. The van der Waals surface area contributed by atoms with Crippen LogP contribution in [0.5, 0.6) is 0 Å². The Hall–Kier alpha value is -2.57. The first-order valence-electron chi connectivity index (χ1n) is 7.46. The number of nitrogen functional groups attached to an aromatic ring is 1. The molecule has 3 heterocycles. The van der Waals surface area contributed by atoms with E-state index < -0.39 is 0 Å². The number of nitrogens with zero attached hydrogens (tertiary/aromatic N) is 4. The molecule has 0 radical (unpaired) electrons. The zero-order chi connectivity index (χ0) is 15.5. The summed E-state index contributed by atoms with van der Waals surface area (Å²) < 4.78 is 7.18. The molecule has 3 aromatic rings. The third-order valence-electron chi connectivity index (χ3n) is 3.46. The van der Waals surface area contributed by atoms with Crippen LogP contribution in [0.4, 0.5) is 11.8 Å². The fourth-order valence-electron chi connectivity index (χ4n) is 2.43. The Kier molecular flexibility index (Phi) is 3.95. The summed E-state index contributed by atoms with van der Waals surface area (Å²) in [6.45, 7) is 5.50. The standard InChI is InChI=1S/C15H20N6O/c1-3-4-6-17-14-13-12(18-15(16)19-14)5-7-21(13)9-11-8-10(2)22-20-11/h5,7-8H,3-4,6,9H2,1-2H3,(H3,16,17,18,19). The van der Waals surface area contributed by atoms with Crippen molar-refractivity contribution in [3.05, 3.63) is 29.8 Å². The Labute approximate surface area is 128 Å². The van der Waals surface area contributed by atoms with Crippen molar-refractivity contribution in [2.45, 2.75) is 33.2 Å². The summed E-state index contributed by atoms with van der Waals surface area (Å²) in [6, 6.07) is 3.86. The van der Waals surface area contributed by atoms with Crippen molar-refractivity contribution in [2.75, 3.05) is 17.6 Å². The summed E-state index contributed by atoms with van der Waals surface area (Å²) >= 11 is 0. The van der Waals surface area contributed by atoms with Crippen LogP contribution in [0.2, 0.25) is 0 Å². The highest BCUT2D eigenvalue weighted by molar-refractivity contribution is 5.87. The Morgan fingerprint density at radius 3 is 2.95 bits per heavy atom. The van der Waals surface area contributed by atoms with Gasteiger partial charge in [0.05, 0.1) is 12.1 Å². The molecular weight excluding hydrogens is 280 g/mol. The summed E-state index contributed by atoms with van der Waals surface area (Å²) in [5, 5.41) is 7.39. The molecule has 3 N–H and O–H groups in total. The number of nitrogens with two attached hydrogens (primary N) is 1. The number of hydrogen-bond acceptors (Lipinski definition) is 6. The van der Waals surface area contributed by atoms with Crippen LogP contribution in [0.25, 0.3) is 11.0 Å². The van der Waals surface area contributed by atoms with Gasteiger partial charge in [-0.1, -0.05) is 18.5 Å². The minimum atomic E-state index is 0.279. The molecule has 0 aliphatic carbocycles. The van der Waals surface area contributed by atoms with Gasteiger partial charge in [-0.05, 0) is 19.4 Å². The van der Waals surface area contributed by atoms with E-state index in [2.05, 4.69) is 31.9 Å². The second-order valence-electron chi connectivity index (χ2n) is 5.32. The number of unbranched alkanes of at least 4 members (excludes halogenated alkanes) is 1. The molecular formula is C15H20N6O. The van der Waals surface area contributed by atoms with Gasteiger partial charge in [-0.15, -0.1) is 0 Å². The third kappa shape index (κ3) is 2.88. The van der Waals surface area contributed by atoms with Crippen LogP contribution in [-0.4, -0.2) is 26.2 Å². The summed E-state index contributed by atoms with van der Waals surface area (Å²) in [7, 11) is 0.